The summed E-state index contributed by atoms with van der Waals surface area (Å²) >= 11 is 1.64. The van der Waals surface area contributed by atoms with E-state index in [1.54, 1.807) is 36.4 Å². The van der Waals surface area contributed by atoms with Gasteiger partial charge in [0.15, 0.2) is 0 Å². The van der Waals surface area contributed by atoms with Crippen molar-refractivity contribution in [1.82, 2.24) is 9.80 Å². The molecule has 2 aliphatic rings. The molecule has 2 fully saturated rings. The molecule has 2 aromatic carbocycles. The number of hydrogen-bond donors (Lipinski definition) is 1. The van der Waals surface area contributed by atoms with Crippen LogP contribution >= 0.6 is 23.5 Å². The molecule has 2 aliphatic heterocycles. The highest BCUT2D eigenvalue weighted by Gasteiger charge is 2.39. The second-order valence-corrected chi connectivity index (χ2v) is 10.4. The van der Waals surface area contributed by atoms with Gasteiger partial charge in [-0.2, -0.15) is 0 Å². The van der Waals surface area contributed by atoms with E-state index in [9.17, 15) is 24.0 Å². The molecule has 2 aromatic rings. The highest BCUT2D eigenvalue weighted by atomic mass is 32.2. The number of imide groups is 2. The number of nitrogens with one attached hydrogen (secondary N) is 1. The van der Waals surface area contributed by atoms with Gasteiger partial charge in [-0.05, 0) is 71.1 Å². The van der Waals surface area contributed by atoms with Crippen molar-refractivity contribution >= 4 is 75.3 Å². The van der Waals surface area contributed by atoms with E-state index < -0.39 is 22.3 Å². The standard InChI is InChI=1S/C26H24N4O5S2/c1-16(31)27-19-8-4-17(5-9-19)14-21-23(32)29(25(34)36-21)12-13-30-24(33)22(37-26(30)35)15-18-6-10-20(11-7-18)28(2)3/h4-11,14-15H,12-13H2,1-3H3,(H,27,31)/b21-14-,22-15+. The summed E-state index contributed by atoms with van der Waals surface area (Å²) < 4.78 is 0. The van der Waals surface area contributed by atoms with Crippen molar-refractivity contribution in [2.75, 3.05) is 37.4 Å². The fraction of sp³-hybridized carbons (Fsp3) is 0.192. The number of anilines is 2. The zero-order chi connectivity index (χ0) is 26.7. The van der Waals surface area contributed by atoms with Crippen LogP contribution in [0.5, 0.6) is 0 Å². The first-order chi connectivity index (χ1) is 17.6. The predicted molar refractivity (Wildman–Crippen MR) is 147 cm³/mol. The maximum atomic E-state index is 12.8. The van der Waals surface area contributed by atoms with Gasteiger partial charge in [0, 0.05) is 45.5 Å². The Balaban J connectivity index is 1.39. The summed E-state index contributed by atoms with van der Waals surface area (Å²) in [7, 11) is 3.86. The number of hydrogen-bond acceptors (Lipinski definition) is 8. The van der Waals surface area contributed by atoms with Crippen molar-refractivity contribution in [3.05, 3.63) is 69.5 Å². The van der Waals surface area contributed by atoms with Gasteiger partial charge >= 0.3 is 0 Å². The lowest BCUT2D eigenvalue weighted by Gasteiger charge is -2.17. The Bertz CT molecular complexity index is 1330. The van der Waals surface area contributed by atoms with E-state index in [-0.39, 0.29) is 23.9 Å². The molecule has 4 rings (SSSR count). The van der Waals surface area contributed by atoms with Crippen molar-refractivity contribution in [3.8, 4) is 0 Å². The molecular formula is C26H24N4O5S2. The highest BCUT2D eigenvalue weighted by molar-refractivity contribution is 8.18. The zero-order valence-electron chi connectivity index (χ0n) is 20.4. The van der Waals surface area contributed by atoms with E-state index in [0.717, 1.165) is 44.6 Å². The first kappa shape index (κ1) is 26.2. The molecule has 0 spiro atoms. The molecule has 0 aromatic heterocycles. The van der Waals surface area contributed by atoms with Crippen molar-refractivity contribution in [2.45, 2.75) is 6.92 Å². The van der Waals surface area contributed by atoms with Gasteiger partial charge in [-0.3, -0.25) is 33.8 Å². The van der Waals surface area contributed by atoms with E-state index in [1.165, 1.54) is 6.92 Å². The number of nitrogens with zero attached hydrogens (tertiary/aromatic N) is 3. The van der Waals surface area contributed by atoms with Crippen LogP contribution in [0, 0.1) is 0 Å². The van der Waals surface area contributed by atoms with Gasteiger partial charge in [0.25, 0.3) is 22.3 Å². The minimum absolute atomic E-state index is 0.0850. The summed E-state index contributed by atoms with van der Waals surface area (Å²) in [5.41, 5.74) is 3.11. The van der Waals surface area contributed by atoms with Crippen LogP contribution < -0.4 is 10.2 Å². The van der Waals surface area contributed by atoms with E-state index in [0.29, 0.717) is 16.2 Å². The van der Waals surface area contributed by atoms with Gasteiger partial charge in [0.1, 0.15) is 0 Å². The molecule has 2 heterocycles. The fourth-order valence-corrected chi connectivity index (χ4v) is 5.35. The highest BCUT2D eigenvalue weighted by Crippen LogP contribution is 2.34. The molecule has 5 amide bonds. The Morgan fingerprint density at radius 2 is 1.22 bits per heavy atom. The topological polar surface area (TPSA) is 107 Å². The average molecular weight is 537 g/mol. The monoisotopic (exact) mass is 536 g/mol. The summed E-state index contributed by atoms with van der Waals surface area (Å²) in [4.78, 5) is 66.4. The van der Waals surface area contributed by atoms with E-state index in [2.05, 4.69) is 5.32 Å². The number of benzene rings is 2. The van der Waals surface area contributed by atoms with E-state index in [4.69, 9.17) is 0 Å². The summed E-state index contributed by atoms with van der Waals surface area (Å²) in [5.74, 6) is -1.12. The first-order valence-electron chi connectivity index (χ1n) is 11.3. The lowest BCUT2D eigenvalue weighted by atomic mass is 10.2. The summed E-state index contributed by atoms with van der Waals surface area (Å²) in [6, 6.07) is 14.4. The molecule has 0 unspecified atom stereocenters. The maximum Gasteiger partial charge on any atom is 0.293 e. The van der Waals surface area contributed by atoms with Crippen LogP contribution in [0.2, 0.25) is 0 Å². The van der Waals surface area contributed by atoms with Gasteiger partial charge in [-0.15, -0.1) is 0 Å². The molecule has 0 aliphatic carbocycles. The molecule has 11 heteroatoms. The minimum atomic E-state index is -0.482. The first-order valence-corrected chi connectivity index (χ1v) is 12.9. The number of carbonyl (C=O) groups excluding carboxylic acids is 5. The molecular weight excluding hydrogens is 512 g/mol. The van der Waals surface area contributed by atoms with Gasteiger partial charge < -0.3 is 10.2 Å². The molecule has 2 saturated heterocycles. The minimum Gasteiger partial charge on any atom is -0.378 e. The van der Waals surface area contributed by atoms with Crippen molar-refractivity contribution in [2.24, 2.45) is 0 Å². The Kier molecular flexibility index (Phi) is 7.84. The molecule has 0 saturated carbocycles. The van der Waals surface area contributed by atoms with Crippen molar-refractivity contribution < 1.29 is 24.0 Å². The van der Waals surface area contributed by atoms with Crippen molar-refractivity contribution in [3.63, 3.8) is 0 Å². The third-order valence-corrected chi connectivity index (χ3v) is 7.35. The normalized spacial score (nSPS) is 17.9. The van der Waals surface area contributed by atoms with Crippen molar-refractivity contribution in [1.29, 1.82) is 0 Å². The average Bonchev–Trinajstić information content (AvgIpc) is 3.27. The van der Waals surface area contributed by atoms with Gasteiger partial charge in [-0.1, -0.05) is 24.3 Å². The second kappa shape index (κ2) is 11.1. The lowest BCUT2D eigenvalue weighted by molar-refractivity contribution is -0.125. The molecule has 0 bridgehead atoms. The number of rotatable bonds is 7. The van der Waals surface area contributed by atoms with Gasteiger partial charge in [0.2, 0.25) is 5.91 Å². The third kappa shape index (κ3) is 6.12. The van der Waals surface area contributed by atoms with Crippen LogP contribution in [0.15, 0.2) is 58.3 Å². The SMILES string of the molecule is CC(=O)Nc1ccc(/C=C2\SC(=O)N(CCN3C(=O)S/C(=C/c4ccc(N(C)C)cc4)C3=O)C2=O)cc1. The number of thioether (sulfide) groups is 2. The number of amides is 5. The van der Waals surface area contributed by atoms with Crippen LogP contribution in [-0.4, -0.2) is 65.2 Å². The molecule has 0 atom stereocenters. The quantitative estimate of drug-likeness (QED) is 0.516. The summed E-state index contributed by atoms with van der Waals surface area (Å²) in [6.07, 6.45) is 3.25. The zero-order valence-corrected chi connectivity index (χ0v) is 22.0. The molecule has 9 nitrogen and oxygen atoms in total. The Labute approximate surface area is 222 Å². The predicted octanol–water partition coefficient (Wildman–Crippen LogP) is 4.48. The van der Waals surface area contributed by atoms with Gasteiger partial charge in [-0.25, -0.2) is 0 Å². The van der Waals surface area contributed by atoms with E-state index in [1.807, 2.05) is 43.3 Å². The lowest BCUT2D eigenvalue weighted by Crippen LogP contribution is -2.39. The molecule has 1 N–H and O–H groups in total. The van der Waals surface area contributed by atoms with Crippen LogP contribution in [0.4, 0.5) is 21.0 Å². The van der Waals surface area contributed by atoms with Crippen LogP contribution in [0.25, 0.3) is 12.2 Å². The Hall–Kier alpha value is -3.83. The Morgan fingerprint density at radius 3 is 1.62 bits per heavy atom. The van der Waals surface area contributed by atoms with Crippen LogP contribution in [-0.2, 0) is 14.4 Å². The third-order valence-electron chi connectivity index (χ3n) is 5.53. The number of carbonyl (C=O) groups is 5. The fourth-order valence-electron chi connectivity index (χ4n) is 3.62. The largest absolute Gasteiger partial charge is 0.378 e. The summed E-state index contributed by atoms with van der Waals surface area (Å²) in [6.45, 7) is 1.23. The van der Waals surface area contributed by atoms with Crippen LogP contribution in [0.3, 0.4) is 0 Å². The second-order valence-electron chi connectivity index (χ2n) is 8.46. The van der Waals surface area contributed by atoms with Gasteiger partial charge in [0.05, 0.1) is 9.81 Å². The van der Waals surface area contributed by atoms with E-state index >= 15 is 0 Å². The smallest absolute Gasteiger partial charge is 0.293 e. The molecule has 0 radical (unpaired) electrons. The Morgan fingerprint density at radius 1 is 0.784 bits per heavy atom. The molecule has 190 valence electrons. The van der Waals surface area contributed by atoms with Crippen LogP contribution in [0.1, 0.15) is 18.1 Å². The maximum absolute atomic E-state index is 12.8. The molecule has 37 heavy (non-hydrogen) atoms. The summed E-state index contributed by atoms with van der Waals surface area (Å²) in [5, 5.41) is 1.76.